The highest BCUT2D eigenvalue weighted by atomic mass is 16.5. The van der Waals surface area contributed by atoms with Gasteiger partial charge in [0, 0.05) is 5.56 Å². The maximum absolute atomic E-state index is 12.7. The Kier molecular flexibility index (Phi) is 6.38. The van der Waals surface area contributed by atoms with E-state index in [1.165, 1.54) is 5.56 Å². The number of rotatable bonds is 6. The maximum Gasteiger partial charge on any atom is 0.251 e. The summed E-state index contributed by atoms with van der Waals surface area (Å²) in [5.41, 5.74) is 4.17. The fraction of sp³-hybridized carbons (Fsp3) is 0.269. The van der Waals surface area contributed by atoms with Crippen LogP contribution < -0.4 is 10.1 Å². The summed E-state index contributed by atoms with van der Waals surface area (Å²) in [4.78, 5) is 12.7. The van der Waals surface area contributed by atoms with Gasteiger partial charge in [-0.25, -0.2) is 0 Å². The van der Waals surface area contributed by atoms with Crippen molar-refractivity contribution in [2.45, 2.75) is 45.8 Å². The number of ether oxygens (including phenoxy) is 1. The van der Waals surface area contributed by atoms with Crippen molar-refractivity contribution in [1.29, 1.82) is 0 Å². The average molecular weight is 388 g/mol. The molecule has 0 radical (unpaired) electrons. The third-order valence-electron chi connectivity index (χ3n) is 4.97. The van der Waals surface area contributed by atoms with E-state index in [4.69, 9.17) is 4.74 Å². The first-order valence-corrected chi connectivity index (χ1v) is 10.0. The molecule has 0 unspecified atom stereocenters. The Morgan fingerprint density at radius 1 is 0.931 bits per heavy atom. The minimum atomic E-state index is -0.109. The number of amides is 1. The summed E-state index contributed by atoms with van der Waals surface area (Å²) in [6, 6.07) is 25.7. The fourth-order valence-electron chi connectivity index (χ4n) is 3.10. The van der Waals surface area contributed by atoms with E-state index in [2.05, 4.69) is 50.4 Å². The summed E-state index contributed by atoms with van der Waals surface area (Å²) in [5, 5.41) is 3.08. The Morgan fingerprint density at radius 2 is 1.62 bits per heavy atom. The summed E-state index contributed by atoms with van der Waals surface area (Å²) >= 11 is 0. The number of carbonyl (C=O) groups is 1. The van der Waals surface area contributed by atoms with Gasteiger partial charge in [-0.3, -0.25) is 4.79 Å². The Bertz CT molecular complexity index is 940. The van der Waals surface area contributed by atoms with Gasteiger partial charge in [0.2, 0.25) is 0 Å². The van der Waals surface area contributed by atoms with Crippen LogP contribution in [0.1, 0.15) is 60.8 Å². The molecular formula is C26H29NO2. The van der Waals surface area contributed by atoms with Crippen molar-refractivity contribution < 1.29 is 9.53 Å². The standard InChI is InChI=1S/C26H29NO2/c1-19(21-13-15-23(16-14-21)26(2,3)4)27-25(28)22-11-8-12-24(17-22)29-18-20-9-6-5-7-10-20/h5-17,19H,18H2,1-4H3,(H,27,28)/t19-/m0/s1. The second-order valence-electron chi connectivity index (χ2n) is 8.37. The molecule has 0 fully saturated rings. The largest absolute Gasteiger partial charge is 0.489 e. The van der Waals surface area contributed by atoms with Gasteiger partial charge in [0.15, 0.2) is 0 Å². The van der Waals surface area contributed by atoms with Crippen molar-refractivity contribution in [3.05, 3.63) is 101 Å². The van der Waals surface area contributed by atoms with Crippen LogP contribution in [0, 0.1) is 0 Å². The summed E-state index contributed by atoms with van der Waals surface area (Å²) < 4.78 is 5.84. The van der Waals surface area contributed by atoms with Gasteiger partial charge in [-0.05, 0) is 47.2 Å². The van der Waals surface area contributed by atoms with Gasteiger partial charge in [-0.1, -0.05) is 81.4 Å². The lowest BCUT2D eigenvalue weighted by Gasteiger charge is -2.21. The Morgan fingerprint density at radius 3 is 2.28 bits per heavy atom. The highest BCUT2D eigenvalue weighted by molar-refractivity contribution is 5.94. The summed E-state index contributed by atoms with van der Waals surface area (Å²) in [7, 11) is 0. The highest BCUT2D eigenvalue weighted by Gasteiger charge is 2.15. The molecule has 0 saturated carbocycles. The zero-order valence-corrected chi connectivity index (χ0v) is 17.6. The predicted octanol–water partition coefficient (Wildman–Crippen LogP) is 6.05. The molecule has 3 rings (SSSR count). The maximum atomic E-state index is 12.7. The molecule has 1 amide bonds. The molecule has 3 aromatic rings. The molecule has 1 N–H and O–H groups in total. The molecule has 1 atom stereocenters. The van der Waals surface area contributed by atoms with Crippen molar-refractivity contribution in [3.63, 3.8) is 0 Å². The van der Waals surface area contributed by atoms with E-state index >= 15 is 0 Å². The lowest BCUT2D eigenvalue weighted by Crippen LogP contribution is -2.26. The molecule has 150 valence electrons. The van der Waals surface area contributed by atoms with Crippen molar-refractivity contribution in [2.24, 2.45) is 0 Å². The lowest BCUT2D eigenvalue weighted by atomic mass is 9.86. The Balaban J connectivity index is 1.62. The van der Waals surface area contributed by atoms with Crippen LogP contribution >= 0.6 is 0 Å². The molecule has 3 aromatic carbocycles. The third-order valence-corrected chi connectivity index (χ3v) is 4.97. The molecule has 0 aliphatic carbocycles. The second-order valence-corrected chi connectivity index (χ2v) is 8.37. The van der Waals surface area contributed by atoms with Crippen LogP contribution in [0.15, 0.2) is 78.9 Å². The van der Waals surface area contributed by atoms with E-state index in [-0.39, 0.29) is 17.4 Å². The Labute approximate surface area is 173 Å². The topological polar surface area (TPSA) is 38.3 Å². The van der Waals surface area contributed by atoms with E-state index in [0.29, 0.717) is 17.9 Å². The van der Waals surface area contributed by atoms with Crippen LogP contribution in [-0.4, -0.2) is 5.91 Å². The van der Waals surface area contributed by atoms with E-state index < -0.39 is 0 Å². The SMILES string of the molecule is C[C@H](NC(=O)c1cccc(OCc2ccccc2)c1)c1ccc(C(C)(C)C)cc1. The number of benzene rings is 3. The van der Waals surface area contributed by atoms with Crippen LogP contribution in [0.25, 0.3) is 0 Å². The normalized spacial score (nSPS) is 12.3. The predicted molar refractivity (Wildman–Crippen MR) is 118 cm³/mol. The van der Waals surface area contributed by atoms with Gasteiger partial charge in [-0.2, -0.15) is 0 Å². The molecule has 0 aliphatic heterocycles. The van der Waals surface area contributed by atoms with Gasteiger partial charge in [0.1, 0.15) is 12.4 Å². The second kappa shape index (κ2) is 8.95. The van der Waals surface area contributed by atoms with Crippen molar-refractivity contribution in [3.8, 4) is 5.75 Å². The highest BCUT2D eigenvalue weighted by Crippen LogP contribution is 2.24. The molecule has 0 bridgehead atoms. The molecule has 0 aromatic heterocycles. The molecule has 3 nitrogen and oxygen atoms in total. The molecule has 3 heteroatoms. The zero-order valence-electron chi connectivity index (χ0n) is 17.6. The quantitative estimate of drug-likeness (QED) is 0.559. The van der Waals surface area contributed by atoms with Crippen LogP contribution in [-0.2, 0) is 12.0 Å². The molecular weight excluding hydrogens is 358 g/mol. The molecule has 29 heavy (non-hydrogen) atoms. The van der Waals surface area contributed by atoms with E-state index in [0.717, 1.165) is 11.1 Å². The molecule has 0 saturated heterocycles. The number of nitrogens with one attached hydrogen (secondary N) is 1. The smallest absolute Gasteiger partial charge is 0.251 e. The average Bonchev–Trinajstić information content (AvgIpc) is 2.72. The van der Waals surface area contributed by atoms with Crippen molar-refractivity contribution in [2.75, 3.05) is 0 Å². The number of hydrogen-bond donors (Lipinski definition) is 1. The van der Waals surface area contributed by atoms with Crippen molar-refractivity contribution in [1.82, 2.24) is 5.32 Å². The third kappa shape index (κ3) is 5.71. The van der Waals surface area contributed by atoms with Gasteiger partial charge in [0.05, 0.1) is 6.04 Å². The molecule has 0 heterocycles. The van der Waals surface area contributed by atoms with Gasteiger partial charge in [-0.15, -0.1) is 0 Å². The Hall–Kier alpha value is -3.07. The minimum Gasteiger partial charge on any atom is -0.489 e. The molecule has 0 spiro atoms. The van der Waals surface area contributed by atoms with Gasteiger partial charge < -0.3 is 10.1 Å². The first kappa shape index (κ1) is 20.7. The van der Waals surface area contributed by atoms with Crippen LogP contribution in [0.5, 0.6) is 5.75 Å². The summed E-state index contributed by atoms with van der Waals surface area (Å²) in [6.45, 7) is 9.06. The first-order chi connectivity index (χ1) is 13.8. The van der Waals surface area contributed by atoms with Crippen LogP contribution in [0.4, 0.5) is 0 Å². The zero-order chi connectivity index (χ0) is 20.9. The lowest BCUT2D eigenvalue weighted by molar-refractivity contribution is 0.0939. The monoisotopic (exact) mass is 387 g/mol. The first-order valence-electron chi connectivity index (χ1n) is 10.0. The summed E-state index contributed by atoms with van der Waals surface area (Å²) in [6.07, 6.45) is 0. The molecule has 0 aliphatic rings. The van der Waals surface area contributed by atoms with E-state index in [1.54, 1.807) is 12.1 Å². The van der Waals surface area contributed by atoms with Gasteiger partial charge in [0.25, 0.3) is 5.91 Å². The fourth-order valence-corrected chi connectivity index (χ4v) is 3.10. The van der Waals surface area contributed by atoms with Gasteiger partial charge >= 0.3 is 0 Å². The summed E-state index contributed by atoms with van der Waals surface area (Å²) in [5.74, 6) is 0.575. The van der Waals surface area contributed by atoms with Crippen molar-refractivity contribution >= 4 is 5.91 Å². The number of carbonyl (C=O) groups excluding carboxylic acids is 1. The van der Waals surface area contributed by atoms with Crippen LogP contribution in [0.2, 0.25) is 0 Å². The van der Waals surface area contributed by atoms with E-state index in [1.807, 2.05) is 49.4 Å². The number of hydrogen-bond acceptors (Lipinski definition) is 2. The minimum absolute atomic E-state index is 0.0783. The van der Waals surface area contributed by atoms with Crippen LogP contribution in [0.3, 0.4) is 0 Å². The van der Waals surface area contributed by atoms with E-state index in [9.17, 15) is 4.79 Å².